The van der Waals surface area contributed by atoms with E-state index in [2.05, 4.69) is 26.2 Å². The van der Waals surface area contributed by atoms with Crippen LogP contribution in [0, 0.1) is 11.8 Å². The molecule has 2 aromatic carbocycles. The largest absolute Gasteiger partial charge is 0.455 e. The maximum atomic E-state index is 15.0. The Labute approximate surface area is 297 Å². The van der Waals surface area contributed by atoms with Gasteiger partial charge in [0.15, 0.2) is 0 Å². The normalized spacial score (nSPS) is 31.6. The summed E-state index contributed by atoms with van der Waals surface area (Å²) in [6, 6.07) is 14.0. The van der Waals surface area contributed by atoms with E-state index in [1.165, 1.54) is 4.90 Å². The first-order chi connectivity index (χ1) is 24.1. The number of esters is 1. The first kappa shape index (κ1) is 34.1. The van der Waals surface area contributed by atoms with Crippen LogP contribution in [0.4, 0.5) is 0 Å². The lowest BCUT2D eigenvalue weighted by Crippen LogP contribution is -2.58. The molecule has 50 heavy (non-hydrogen) atoms. The summed E-state index contributed by atoms with van der Waals surface area (Å²) < 4.78 is 15.0. The number of rotatable bonds is 5. The Morgan fingerprint density at radius 1 is 1.02 bits per heavy atom. The van der Waals surface area contributed by atoms with Crippen molar-refractivity contribution in [3.8, 4) is 0 Å². The number of cyclic esters (lactones) is 1. The van der Waals surface area contributed by atoms with Gasteiger partial charge in [-0.15, -0.1) is 5.10 Å². The Hall–Kier alpha value is -4.40. The van der Waals surface area contributed by atoms with Crippen molar-refractivity contribution in [3.63, 3.8) is 0 Å². The zero-order valence-electron chi connectivity index (χ0n) is 28.0. The van der Waals surface area contributed by atoms with Crippen LogP contribution in [0.3, 0.4) is 0 Å². The van der Waals surface area contributed by atoms with Crippen LogP contribution < -0.4 is 0 Å². The van der Waals surface area contributed by atoms with Crippen molar-refractivity contribution in [1.29, 1.82) is 0 Å². The number of likely N-dealkylation sites (tertiary alicyclic amines) is 1. The van der Waals surface area contributed by atoms with Gasteiger partial charge in [0.25, 0.3) is 5.91 Å². The topological polar surface area (TPSA) is 147 Å². The van der Waals surface area contributed by atoms with Crippen LogP contribution in [0.2, 0.25) is 0 Å². The number of hydrogen-bond donors (Lipinski definition) is 1. The monoisotopic (exact) mass is 746 g/mol. The zero-order valence-corrected chi connectivity index (χ0v) is 29.5. The summed E-state index contributed by atoms with van der Waals surface area (Å²) in [4.78, 5) is 61.9. The second-order valence-electron chi connectivity index (χ2n) is 13.4. The minimum Gasteiger partial charge on any atom is -0.455 e. The van der Waals surface area contributed by atoms with Crippen LogP contribution in [0.1, 0.15) is 38.4 Å². The van der Waals surface area contributed by atoms with E-state index in [1.807, 2.05) is 73.7 Å². The summed E-state index contributed by atoms with van der Waals surface area (Å²) in [5.74, 6) is -3.95. The molecule has 262 valence electrons. The Bertz CT molecular complexity index is 1880. The number of allylic oxidation sites excluding steroid dienone is 1. The number of aliphatic hydroxyl groups is 1. The number of carbonyl (C=O) groups is 4. The molecule has 2 fully saturated rings. The molecule has 2 saturated heterocycles. The van der Waals surface area contributed by atoms with Crippen molar-refractivity contribution in [2.75, 3.05) is 20.2 Å². The molecule has 1 aromatic heterocycles. The van der Waals surface area contributed by atoms with Crippen molar-refractivity contribution in [2.45, 2.75) is 69.3 Å². The molecule has 5 bridgehead atoms. The summed E-state index contributed by atoms with van der Waals surface area (Å²) in [7, 11) is 1.69. The van der Waals surface area contributed by atoms with Gasteiger partial charge in [-0.3, -0.25) is 19.2 Å². The summed E-state index contributed by atoms with van der Waals surface area (Å²) in [5.41, 5.74) is 0.539. The Balaban J connectivity index is 1.34. The predicted octanol–water partition coefficient (Wildman–Crippen LogP) is 2.95. The molecule has 7 rings (SSSR count). The van der Waals surface area contributed by atoms with Crippen LogP contribution in [0.5, 0.6) is 0 Å². The SMILES string of the molecule is C[C@H](CO)N1C(=O)[C@@H]2[C@H]3C(=O)O[C@@H](c4ccccc4)[C@H](C)N(C)C(=O)CC/C=C\CN(Cn4nnc5ccccc54)C(=O)[C@@H]1[C@]21C=C(Br)[C@H]3O1. The number of fused-ring (bicyclic) bond motifs is 3. The quantitative estimate of drug-likeness (QED) is 0.308. The minimum absolute atomic E-state index is 0.00576. The van der Waals surface area contributed by atoms with E-state index in [1.54, 1.807) is 34.5 Å². The maximum Gasteiger partial charge on any atom is 0.313 e. The van der Waals surface area contributed by atoms with Gasteiger partial charge in [0, 0.05) is 24.5 Å². The van der Waals surface area contributed by atoms with Crippen LogP contribution >= 0.6 is 15.9 Å². The molecular weight excluding hydrogens is 708 g/mol. The lowest BCUT2D eigenvalue weighted by atomic mass is 9.74. The molecule has 13 nitrogen and oxygen atoms in total. The molecule has 4 aliphatic heterocycles. The smallest absolute Gasteiger partial charge is 0.313 e. The fraction of sp³-hybridized carbons (Fsp3) is 0.444. The standard InChI is InChI=1S/C36H39BrN6O7/c1-21(19-44)43-32-34(47)41(20-42-26-15-10-9-14-25(26)38-39-42)17-11-5-8-16-27(45)40(3)22(2)30(23-12-6-4-7-13-23)49-35(48)28-29(33(43)46)36(32)18-24(37)31(28)50-36/h4-7,9-15,18,21-22,28-32,44H,8,16-17,19-20H2,1-3H3/b11-5-/t21-,22+,28-,29+,30-,31-,32-,36+/m1/s1. The van der Waals surface area contributed by atoms with Crippen molar-refractivity contribution in [3.05, 3.63) is 82.9 Å². The number of ether oxygens (including phenoxy) is 2. The third kappa shape index (κ3) is 5.53. The van der Waals surface area contributed by atoms with Gasteiger partial charge in [0.2, 0.25) is 11.8 Å². The number of amides is 3. The molecule has 0 aliphatic carbocycles. The molecule has 8 atom stereocenters. The van der Waals surface area contributed by atoms with E-state index in [9.17, 15) is 24.3 Å². The van der Waals surface area contributed by atoms with E-state index in [-0.39, 0.29) is 25.5 Å². The number of benzene rings is 2. The number of likely N-dealkylation sites (N-methyl/N-ethyl adjacent to an activating group) is 1. The third-order valence-electron chi connectivity index (χ3n) is 10.5. The highest BCUT2D eigenvalue weighted by Gasteiger charge is 2.75. The Kier molecular flexibility index (Phi) is 9.12. The van der Waals surface area contributed by atoms with E-state index in [0.29, 0.717) is 27.5 Å². The highest BCUT2D eigenvalue weighted by Crippen LogP contribution is 2.59. The number of aromatic nitrogens is 3. The lowest BCUT2D eigenvalue weighted by molar-refractivity contribution is -0.164. The highest BCUT2D eigenvalue weighted by atomic mass is 79.9. The zero-order chi connectivity index (χ0) is 35.3. The second kappa shape index (κ2) is 13.4. The predicted molar refractivity (Wildman–Crippen MR) is 184 cm³/mol. The summed E-state index contributed by atoms with van der Waals surface area (Å²) in [6.07, 6.45) is 4.28. The summed E-state index contributed by atoms with van der Waals surface area (Å²) in [6.45, 7) is 3.19. The van der Waals surface area contributed by atoms with Crippen LogP contribution in [-0.4, -0.2) is 109 Å². The van der Waals surface area contributed by atoms with Crippen molar-refractivity contribution in [2.24, 2.45) is 11.8 Å². The minimum atomic E-state index is -1.52. The highest BCUT2D eigenvalue weighted by molar-refractivity contribution is 9.11. The molecular formula is C36H39BrN6O7. The number of hydrogen-bond acceptors (Lipinski definition) is 9. The van der Waals surface area contributed by atoms with Crippen molar-refractivity contribution < 1.29 is 33.8 Å². The summed E-state index contributed by atoms with van der Waals surface area (Å²) >= 11 is 3.59. The van der Waals surface area contributed by atoms with Crippen molar-refractivity contribution in [1.82, 2.24) is 29.7 Å². The summed E-state index contributed by atoms with van der Waals surface area (Å²) in [5, 5.41) is 18.9. The van der Waals surface area contributed by atoms with Gasteiger partial charge in [-0.2, -0.15) is 0 Å². The van der Waals surface area contributed by atoms with E-state index in [4.69, 9.17) is 9.47 Å². The molecule has 5 heterocycles. The number of aliphatic hydroxyl groups excluding tert-OH is 1. The first-order valence-electron chi connectivity index (χ1n) is 16.8. The van der Waals surface area contributed by atoms with Crippen LogP contribution in [-0.2, 0) is 35.3 Å². The van der Waals surface area contributed by atoms with Gasteiger partial charge in [0.05, 0.1) is 30.1 Å². The molecule has 14 heteroatoms. The van der Waals surface area contributed by atoms with E-state index < -0.39 is 72.2 Å². The molecule has 0 radical (unpaired) electrons. The first-order valence-corrected chi connectivity index (χ1v) is 17.6. The molecule has 0 unspecified atom stereocenters. The molecule has 1 N–H and O–H groups in total. The van der Waals surface area contributed by atoms with Gasteiger partial charge in [0.1, 0.15) is 42.0 Å². The Morgan fingerprint density at radius 3 is 2.52 bits per heavy atom. The lowest BCUT2D eigenvalue weighted by Gasteiger charge is -2.37. The molecule has 4 aliphatic rings. The van der Waals surface area contributed by atoms with E-state index >= 15 is 0 Å². The number of nitrogens with zero attached hydrogens (tertiary/aromatic N) is 6. The number of halogens is 1. The van der Waals surface area contributed by atoms with Crippen molar-refractivity contribution >= 4 is 50.7 Å². The fourth-order valence-corrected chi connectivity index (χ4v) is 8.50. The number of para-hydroxylation sites is 1. The molecule has 0 saturated carbocycles. The average Bonchev–Trinajstić information content (AvgIpc) is 3.85. The van der Waals surface area contributed by atoms with Gasteiger partial charge >= 0.3 is 5.97 Å². The fourth-order valence-electron chi connectivity index (χ4n) is 7.77. The molecule has 3 aromatic rings. The molecule has 3 amide bonds. The van der Waals surface area contributed by atoms with E-state index in [0.717, 1.165) is 0 Å². The van der Waals surface area contributed by atoms with Gasteiger partial charge in [-0.1, -0.05) is 75.8 Å². The maximum absolute atomic E-state index is 15.0. The average molecular weight is 748 g/mol. The second-order valence-corrected chi connectivity index (χ2v) is 14.3. The number of carbonyl (C=O) groups excluding carboxylic acids is 4. The van der Waals surface area contributed by atoms with Gasteiger partial charge in [-0.25, -0.2) is 4.68 Å². The third-order valence-corrected chi connectivity index (χ3v) is 11.2. The Morgan fingerprint density at radius 2 is 1.76 bits per heavy atom. The van der Waals surface area contributed by atoms with Gasteiger partial charge in [-0.05, 0) is 44.0 Å². The van der Waals surface area contributed by atoms with Crippen LogP contribution in [0.25, 0.3) is 11.0 Å². The van der Waals surface area contributed by atoms with Crippen LogP contribution in [0.15, 0.2) is 77.3 Å². The van der Waals surface area contributed by atoms with Gasteiger partial charge < -0.3 is 29.3 Å². The molecule has 1 spiro atoms.